The maximum atomic E-state index is 13.0. The van der Waals surface area contributed by atoms with E-state index in [2.05, 4.69) is 19.2 Å². The first-order valence-corrected chi connectivity index (χ1v) is 23.8. The third-order valence-corrected chi connectivity index (χ3v) is 12.4. The van der Waals surface area contributed by atoms with Crippen LogP contribution < -0.4 is 5.32 Å². The smallest absolute Gasteiger partial charge is 0.220 e. The van der Waals surface area contributed by atoms with Crippen molar-refractivity contribution in [3.05, 3.63) is 0 Å². The number of carbonyl (C=O) groups excluding carboxylic acids is 1. The number of amides is 1. The Kier molecular flexibility index (Phi) is 27.6. The van der Waals surface area contributed by atoms with Gasteiger partial charge in [-0.15, -0.1) is 0 Å². The van der Waals surface area contributed by atoms with E-state index >= 15 is 0 Å². The lowest BCUT2D eigenvalue weighted by Gasteiger charge is -2.48. The molecule has 12 N–H and O–H groups in total. The van der Waals surface area contributed by atoms with Gasteiger partial charge >= 0.3 is 0 Å². The SMILES string of the molecule is CCCCCCCCCCCCCCC(O)C(COC1OC(CO)C(OC2OC(CO)C(OC3OC(CO)C(O)C(O)C3O)C(O)C2O)C(O)C1O)NC(=O)CCCCCCCC. The molecular formula is C44H83NO18. The van der Waals surface area contributed by atoms with Crippen LogP contribution in [0.25, 0.3) is 0 Å². The average Bonchev–Trinajstić information content (AvgIpc) is 3.28. The molecule has 0 aromatic carbocycles. The van der Waals surface area contributed by atoms with E-state index in [0.29, 0.717) is 12.8 Å². The molecule has 3 aliphatic rings. The van der Waals surface area contributed by atoms with Gasteiger partial charge in [0.25, 0.3) is 0 Å². The Morgan fingerprint density at radius 3 is 1.38 bits per heavy atom. The van der Waals surface area contributed by atoms with Crippen molar-refractivity contribution < 1.29 is 89.4 Å². The number of ether oxygens (including phenoxy) is 6. The summed E-state index contributed by atoms with van der Waals surface area (Å²) in [6, 6.07) is -0.874. The lowest BCUT2D eigenvalue weighted by molar-refractivity contribution is -0.379. The topological polar surface area (TPSA) is 307 Å². The molecule has 3 saturated heterocycles. The van der Waals surface area contributed by atoms with Crippen molar-refractivity contribution in [3.8, 4) is 0 Å². The second-order valence-electron chi connectivity index (χ2n) is 17.6. The highest BCUT2D eigenvalue weighted by Crippen LogP contribution is 2.33. The van der Waals surface area contributed by atoms with Crippen LogP contribution in [-0.2, 0) is 33.2 Å². The Balaban J connectivity index is 1.57. The standard InChI is InChI=1S/C44H83NO18/c1-3-5-7-9-11-12-13-14-15-16-17-19-21-28(49)27(45-32(50)22-20-18-10-8-6-4-2)26-58-42-38(56)35(53)40(30(24-47)60-42)63-44-39(57)36(54)41(31(25-48)61-44)62-43-37(55)34(52)33(51)29(23-46)59-43/h27-31,33-44,46-49,51-57H,3-26H2,1-2H3,(H,45,50). The van der Waals surface area contributed by atoms with Crippen LogP contribution in [0.5, 0.6) is 0 Å². The van der Waals surface area contributed by atoms with Crippen LogP contribution in [0.2, 0.25) is 0 Å². The predicted molar refractivity (Wildman–Crippen MR) is 227 cm³/mol. The van der Waals surface area contributed by atoms with Crippen LogP contribution in [0.4, 0.5) is 0 Å². The van der Waals surface area contributed by atoms with E-state index in [0.717, 1.165) is 57.8 Å². The normalized spacial score (nSPS) is 34.8. The van der Waals surface area contributed by atoms with Gasteiger partial charge in [-0.05, 0) is 12.8 Å². The maximum Gasteiger partial charge on any atom is 0.220 e. The quantitative estimate of drug-likeness (QED) is 0.0400. The molecule has 0 bridgehead atoms. The maximum absolute atomic E-state index is 13.0. The molecule has 0 radical (unpaired) electrons. The molecule has 372 valence electrons. The molecule has 1 amide bonds. The number of aliphatic hydroxyl groups excluding tert-OH is 11. The molecule has 0 aromatic heterocycles. The summed E-state index contributed by atoms with van der Waals surface area (Å²) in [6.45, 7) is 1.66. The Bertz CT molecular complexity index is 1190. The monoisotopic (exact) mass is 914 g/mol. The zero-order valence-corrected chi connectivity index (χ0v) is 37.6. The summed E-state index contributed by atoms with van der Waals surface area (Å²) in [5.41, 5.74) is 0. The number of aliphatic hydroxyl groups is 11. The second kappa shape index (κ2) is 31.0. The number of unbranched alkanes of at least 4 members (excludes halogenated alkanes) is 16. The minimum atomic E-state index is -1.97. The van der Waals surface area contributed by atoms with E-state index in [-0.39, 0.29) is 18.9 Å². The van der Waals surface area contributed by atoms with Crippen LogP contribution in [0.3, 0.4) is 0 Å². The molecule has 3 rings (SSSR count). The van der Waals surface area contributed by atoms with Gasteiger partial charge in [-0.1, -0.05) is 123 Å². The predicted octanol–water partition coefficient (Wildman–Crippen LogP) is 0.139. The van der Waals surface area contributed by atoms with E-state index in [1.54, 1.807) is 0 Å². The molecule has 3 heterocycles. The van der Waals surface area contributed by atoms with Gasteiger partial charge in [-0.2, -0.15) is 0 Å². The summed E-state index contributed by atoms with van der Waals surface area (Å²) in [4.78, 5) is 13.0. The van der Waals surface area contributed by atoms with Crippen molar-refractivity contribution in [2.24, 2.45) is 0 Å². The van der Waals surface area contributed by atoms with E-state index in [1.165, 1.54) is 51.4 Å². The Morgan fingerprint density at radius 2 is 0.905 bits per heavy atom. The fourth-order valence-corrected chi connectivity index (χ4v) is 8.37. The molecule has 17 unspecified atom stereocenters. The highest BCUT2D eigenvalue weighted by molar-refractivity contribution is 5.76. The Hall–Kier alpha value is -1.21. The average molecular weight is 914 g/mol. The third kappa shape index (κ3) is 18.1. The van der Waals surface area contributed by atoms with Gasteiger partial charge in [-0.25, -0.2) is 0 Å². The summed E-state index contributed by atoms with van der Waals surface area (Å²) in [7, 11) is 0. The molecule has 17 atom stereocenters. The largest absolute Gasteiger partial charge is 0.394 e. The van der Waals surface area contributed by atoms with Crippen molar-refractivity contribution >= 4 is 5.91 Å². The van der Waals surface area contributed by atoms with Crippen LogP contribution >= 0.6 is 0 Å². The summed E-state index contributed by atoms with van der Waals surface area (Å²) in [5, 5.41) is 119. The highest BCUT2D eigenvalue weighted by atomic mass is 16.8. The Labute approximate surface area is 373 Å². The summed E-state index contributed by atoms with van der Waals surface area (Å²) in [6.07, 6.45) is -5.88. The fraction of sp³-hybridized carbons (Fsp3) is 0.977. The third-order valence-electron chi connectivity index (χ3n) is 12.4. The van der Waals surface area contributed by atoms with Crippen LogP contribution in [0.1, 0.15) is 142 Å². The molecule has 0 aromatic rings. The number of nitrogens with one attached hydrogen (secondary N) is 1. The second-order valence-corrected chi connectivity index (χ2v) is 17.6. The Morgan fingerprint density at radius 1 is 0.508 bits per heavy atom. The van der Waals surface area contributed by atoms with Crippen molar-refractivity contribution in [1.29, 1.82) is 0 Å². The van der Waals surface area contributed by atoms with E-state index in [1.807, 2.05) is 0 Å². The first kappa shape index (κ1) is 56.1. The molecule has 0 spiro atoms. The number of carbonyl (C=O) groups is 1. The lowest BCUT2D eigenvalue weighted by Crippen LogP contribution is -2.66. The minimum Gasteiger partial charge on any atom is -0.394 e. The van der Waals surface area contributed by atoms with Crippen molar-refractivity contribution in [1.82, 2.24) is 5.32 Å². The number of rotatable bonds is 32. The molecular weight excluding hydrogens is 830 g/mol. The molecule has 63 heavy (non-hydrogen) atoms. The fourth-order valence-electron chi connectivity index (χ4n) is 8.37. The molecule has 3 fully saturated rings. The van der Waals surface area contributed by atoms with Crippen molar-refractivity contribution in [2.75, 3.05) is 26.4 Å². The minimum absolute atomic E-state index is 0.255. The lowest BCUT2D eigenvalue weighted by atomic mass is 9.96. The first-order valence-electron chi connectivity index (χ1n) is 23.8. The molecule has 0 saturated carbocycles. The van der Waals surface area contributed by atoms with Gasteiger partial charge < -0.3 is 89.9 Å². The number of hydrogen-bond donors (Lipinski definition) is 12. The van der Waals surface area contributed by atoms with Gasteiger partial charge in [0.1, 0.15) is 73.2 Å². The number of hydrogen-bond acceptors (Lipinski definition) is 18. The molecule has 0 aliphatic carbocycles. The zero-order chi connectivity index (χ0) is 46.3. The van der Waals surface area contributed by atoms with Gasteiger partial charge in [0.15, 0.2) is 18.9 Å². The highest BCUT2D eigenvalue weighted by Gasteiger charge is 2.53. The molecule has 3 aliphatic heterocycles. The van der Waals surface area contributed by atoms with Crippen molar-refractivity contribution in [3.63, 3.8) is 0 Å². The summed E-state index contributed by atoms with van der Waals surface area (Å²) < 4.78 is 34.0. The van der Waals surface area contributed by atoms with Gasteiger partial charge in [0.05, 0.1) is 38.6 Å². The van der Waals surface area contributed by atoms with Crippen LogP contribution in [-0.4, -0.2) is 193 Å². The van der Waals surface area contributed by atoms with Crippen LogP contribution in [0.15, 0.2) is 0 Å². The zero-order valence-electron chi connectivity index (χ0n) is 37.6. The summed E-state index contributed by atoms with van der Waals surface area (Å²) in [5.74, 6) is -0.255. The summed E-state index contributed by atoms with van der Waals surface area (Å²) >= 11 is 0. The van der Waals surface area contributed by atoms with E-state index in [9.17, 15) is 61.0 Å². The van der Waals surface area contributed by atoms with Crippen LogP contribution in [0, 0.1) is 0 Å². The van der Waals surface area contributed by atoms with Gasteiger partial charge in [-0.3, -0.25) is 4.79 Å². The van der Waals surface area contributed by atoms with Crippen molar-refractivity contribution in [2.45, 2.75) is 247 Å². The first-order chi connectivity index (χ1) is 30.3. The molecule has 19 heteroatoms. The van der Waals surface area contributed by atoms with Gasteiger partial charge in [0, 0.05) is 6.42 Å². The molecule has 19 nitrogen and oxygen atoms in total. The van der Waals surface area contributed by atoms with E-state index in [4.69, 9.17) is 28.4 Å². The van der Waals surface area contributed by atoms with E-state index < -0.39 is 124 Å². The van der Waals surface area contributed by atoms with Gasteiger partial charge in [0.2, 0.25) is 5.91 Å².